The number of hydrogen-bond donors (Lipinski definition) is 1. The van der Waals surface area contributed by atoms with Crippen molar-refractivity contribution in [2.45, 2.75) is 6.61 Å². The van der Waals surface area contributed by atoms with Crippen LogP contribution in [0.15, 0.2) is 74.8 Å². The Morgan fingerprint density at radius 1 is 1.18 bits per heavy atom. The van der Waals surface area contributed by atoms with E-state index in [-0.39, 0.29) is 11.5 Å². The Balaban J connectivity index is 1.63. The van der Waals surface area contributed by atoms with E-state index in [2.05, 4.69) is 47.4 Å². The van der Waals surface area contributed by atoms with E-state index in [0.29, 0.717) is 12.4 Å². The molecule has 0 saturated heterocycles. The summed E-state index contributed by atoms with van der Waals surface area (Å²) in [5.41, 5.74) is 4.30. The molecule has 0 unspecified atom stereocenters. The summed E-state index contributed by atoms with van der Waals surface area (Å²) in [6.45, 7) is 0.449. The van der Waals surface area contributed by atoms with Crippen LogP contribution in [0.4, 0.5) is 11.5 Å². The van der Waals surface area contributed by atoms with Gasteiger partial charge in [-0.25, -0.2) is 4.98 Å². The Kier molecular flexibility index (Phi) is 6.72. The summed E-state index contributed by atoms with van der Waals surface area (Å²) in [5.74, 6) is 0.783. The molecule has 28 heavy (non-hydrogen) atoms. The van der Waals surface area contributed by atoms with Gasteiger partial charge in [-0.15, -0.1) is 0 Å². The van der Waals surface area contributed by atoms with Gasteiger partial charge in [-0.05, 0) is 63.5 Å². The highest BCUT2D eigenvalue weighted by molar-refractivity contribution is 9.10. The lowest BCUT2D eigenvalue weighted by Gasteiger charge is -2.09. The first-order valence-electron chi connectivity index (χ1n) is 8.08. The average Bonchev–Trinajstić information content (AvgIpc) is 2.69. The summed E-state index contributed by atoms with van der Waals surface area (Å²) in [7, 11) is 0. The number of benzene rings is 2. The molecule has 0 amide bonds. The van der Waals surface area contributed by atoms with Crippen LogP contribution in [0, 0.1) is 10.1 Å². The highest BCUT2D eigenvalue weighted by Gasteiger charge is 2.12. The van der Waals surface area contributed by atoms with Crippen molar-refractivity contribution in [1.82, 2.24) is 4.98 Å². The minimum atomic E-state index is -0.515. The van der Waals surface area contributed by atoms with Crippen LogP contribution < -0.4 is 10.2 Å². The fourth-order valence-electron chi connectivity index (χ4n) is 2.25. The summed E-state index contributed by atoms with van der Waals surface area (Å²) in [6.07, 6.45) is 3.00. The summed E-state index contributed by atoms with van der Waals surface area (Å²) in [5, 5.41) is 15.0. The fourth-order valence-corrected chi connectivity index (χ4v) is 3.03. The zero-order chi connectivity index (χ0) is 19.9. The van der Waals surface area contributed by atoms with E-state index < -0.39 is 4.92 Å². The molecule has 3 aromatic rings. The van der Waals surface area contributed by atoms with Crippen LogP contribution in [0.5, 0.6) is 5.75 Å². The third-order valence-electron chi connectivity index (χ3n) is 3.63. The van der Waals surface area contributed by atoms with Gasteiger partial charge in [0, 0.05) is 16.7 Å². The molecule has 0 spiro atoms. The van der Waals surface area contributed by atoms with Crippen LogP contribution in [-0.2, 0) is 6.61 Å². The number of ether oxygens (including phenoxy) is 1. The molecule has 1 heterocycles. The van der Waals surface area contributed by atoms with Crippen molar-refractivity contribution in [2.24, 2.45) is 5.10 Å². The summed E-state index contributed by atoms with van der Waals surface area (Å²) in [4.78, 5) is 14.4. The molecule has 3 rings (SSSR count). The first-order chi connectivity index (χ1) is 13.5. The predicted octanol–water partition coefficient (Wildman–Crippen LogP) is 5.54. The monoisotopic (exact) mass is 504 g/mol. The molecule has 0 fully saturated rings. The first-order valence-corrected chi connectivity index (χ1v) is 9.67. The second kappa shape index (κ2) is 9.43. The zero-order valence-corrected chi connectivity index (χ0v) is 17.6. The summed E-state index contributed by atoms with van der Waals surface area (Å²) in [6, 6.07) is 16.3. The first kappa shape index (κ1) is 20.0. The minimum absolute atomic E-state index is 0.0808. The van der Waals surface area contributed by atoms with Gasteiger partial charge in [-0.1, -0.05) is 28.1 Å². The number of halogens is 2. The second-order valence-electron chi connectivity index (χ2n) is 5.60. The van der Waals surface area contributed by atoms with Crippen molar-refractivity contribution in [1.29, 1.82) is 0 Å². The van der Waals surface area contributed by atoms with Gasteiger partial charge >= 0.3 is 5.69 Å². The maximum atomic E-state index is 11.0. The minimum Gasteiger partial charge on any atom is -0.488 e. The van der Waals surface area contributed by atoms with Crippen molar-refractivity contribution in [3.8, 4) is 5.75 Å². The Morgan fingerprint density at radius 3 is 2.68 bits per heavy atom. The van der Waals surface area contributed by atoms with E-state index in [1.54, 1.807) is 6.21 Å². The normalized spacial score (nSPS) is 10.8. The number of aromatic nitrogens is 1. The largest absolute Gasteiger partial charge is 0.488 e. The number of anilines is 1. The lowest BCUT2D eigenvalue weighted by molar-refractivity contribution is -0.384. The van der Waals surface area contributed by atoms with Gasteiger partial charge in [0.25, 0.3) is 0 Å². The molecule has 9 heteroatoms. The number of pyridine rings is 1. The van der Waals surface area contributed by atoms with E-state index in [4.69, 9.17) is 4.74 Å². The van der Waals surface area contributed by atoms with Crippen molar-refractivity contribution in [3.63, 3.8) is 0 Å². The van der Waals surface area contributed by atoms with Crippen LogP contribution in [0.2, 0.25) is 0 Å². The molecule has 0 radical (unpaired) electrons. The predicted molar refractivity (Wildman–Crippen MR) is 115 cm³/mol. The Bertz CT molecular complexity index is 1010. The van der Waals surface area contributed by atoms with Crippen molar-refractivity contribution in [2.75, 3.05) is 5.43 Å². The SMILES string of the molecule is O=[N+]([O-])c1cccnc1N/N=C\c1ccc(OCc2ccc(Br)cc2)c(Br)c1. The van der Waals surface area contributed by atoms with E-state index in [1.807, 2.05) is 42.5 Å². The molecule has 0 aliphatic rings. The lowest BCUT2D eigenvalue weighted by atomic mass is 10.2. The Morgan fingerprint density at radius 2 is 1.96 bits per heavy atom. The van der Waals surface area contributed by atoms with Crippen molar-refractivity contribution in [3.05, 3.63) is 91.0 Å². The third kappa shape index (κ3) is 5.37. The zero-order valence-electron chi connectivity index (χ0n) is 14.4. The Hall–Kier alpha value is -2.78. The molecule has 1 aromatic heterocycles. The molecule has 0 saturated carbocycles. The van der Waals surface area contributed by atoms with Crippen LogP contribution in [0.25, 0.3) is 0 Å². The molecule has 7 nitrogen and oxygen atoms in total. The highest BCUT2D eigenvalue weighted by atomic mass is 79.9. The maximum Gasteiger partial charge on any atom is 0.313 e. The van der Waals surface area contributed by atoms with E-state index in [0.717, 1.165) is 20.1 Å². The van der Waals surface area contributed by atoms with Gasteiger partial charge in [0.15, 0.2) is 0 Å². The number of hydrogen-bond acceptors (Lipinski definition) is 6. The molecule has 0 atom stereocenters. The molecule has 0 aliphatic carbocycles. The average molecular weight is 506 g/mol. The van der Waals surface area contributed by atoms with E-state index in [1.165, 1.54) is 18.3 Å². The molecule has 1 N–H and O–H groups in total. The Labute approximate surface area is 177 Å². The van der Waals surface area contributed by atoms with Gasteiger partial charge in [0.1, 0.15) is 12.4 Å². The number of nitrogens with one attached hydrogen (secondary N) is 1. The van der Waals surface area contributed by atoms with Crippen molar-refractivity contribution >= 4 is 49.6 Å². The quantitative estimate of drug-likeness (QED) is 0.258. The molecule has 0 aliphatic heterocycles. The molecule has 2 aromatic carbocycles. The van der Waals surface area contributed by atoms with E-state index >= 15 is 0 Å². The fraction of sp³-hybridized carbons (Fsp3) is 0.0526. The van der Waals surface area contributed by atoms with E-state index in [9.17, 15) is 10.1 Å². The molecular formula is C19H14Br2N4O3. The standard InChI is InChI=1S/C19H14Br2N4O3/c20-15-6-3-13(4-7-15)12-28-18-8-5-14(10-16(18)21)11-23-24-19-17(25(26)27)2-1-9-22-19/h1-11H,12H2,(H,22,24)/b23-11-. The van der Waals surface area contributed by atoms with Gasteiger partial charge in [-0.2, -0.15) is 5.10 Å². The summed E-state index contributed by atoms with van der Waals surface area (Å²) >= 11 is 6.89. The second-order valence-corrected chi connectivity index (χ2v) is 7.37. The topological polar surface area (TPSA) is 89.7 Å². The number of hydrazone groups is 1. The number of rotatable bonds is 7. The van der Waals surface area contributed by atoms with Crippen LogP contribution in [-0.4, -0.2) is 16.1 Å². The summed E-state index contributed by atoms with van der Waals surface area (Å²) < 4.78 is 7.62. The van der Waals surface area contributed by atoms with Crippen LogP contribution >= 0.6 is 31.9 Å². The smallest absolute Gasteiger partial charge is 0.313 e. The van der Waals surface area contributed by atoms with Gasteiger partial charge in [0.2, 0.25) is 5.82 Å². The lowest BCUT2D eigenvalue weighted by Crippen LogP contribution is -1.99. The number of nitrogens with zero attached hydrogens (tertiary/aromatic N) is 3. The van der Waals surface area contributed by atoms with Gasteiger partial charge in [0.05, 0.1) is 15.6 Å². The highest BCUT2D eigenvalue weighted by Crippen LogP contribution is 2.27. The van der Waals surface area contributed by atoms with Crippen LogP contribution in [0.1, 0.15) is 11.1 Å². The number of nitro groups is 1. The van der Waals surface area contributed by atoms with Crippen LogP contribution in [0.3, 0.4) is 0 Å². The molecule has 142 valence electrons. The molecular weight excluding hydrogens is 492 g/mol. The van der Waals surface area contributed by atoms with Gasteiger partial charge < -0.3 is 4.74 Å². The molecule has 0 bridgehead atoms. The van der Waals surface area contributed by atoms with Gasteiger partial charge in [-0.3, -0.25) is 15.5 Å². The maximum absolute atomic E-state index is 11.0. The third-order valence-corrected chi connectivity index (χ3v) is 4.78. The van der Waals surface area contributed by atoms with Crippen molar-refractivity contribution < 1.29 is 9.66 Å².